The molecule has 4 aliphatic rings. The van der Waals surface area contributed by atoms with E-state index in [2.05, 4.69) is 20.4 Å². The third-order valence-corrected chi connectivity index (χ3v) is 20.2. The van der Waals surface area contributed by atoms with E-state index in [1.165, 1.54) is 24.3 Å². The van der Waals surface area contributed by atoms with Gasteiger partial charge in [-0.2, -0.15) is 0 Å². The Morgan fingerprint density at radius 2 is 0.814 bits per heavy atom. The number of fused-ring (bicyclic) bond motifs is 5. The molecule has 0 fully saturated rings. The maximum atomic E-state index is 13.3. The van der Waals surface area contributed by atoms with Gasteiger partial charge in [0.1, 0.15) is 49.0 Å². The fourth-order valence-electron chi connectivity index (χ4n) is 13.7. The molecule has 0 aliphatic carbocycles. The molecule has 113 heavy (non-hydrogen) atoms. The number of carbonyl (C=O) groups excluding carboxylic acids is 4. The zero-order valence-corrected chi connectivity index (χ0v) is 64.0. The Labute approximate surface area is 656 Å². The molecule has 4 amide bonds. The van der Waals surface area contributed by atoms with Gasteiger partial charge in [0.05, 0.1) is 100.0 Å². The number of aryl methyl sites for hydroxylation is 4. The van der Waals surface area contributed by atoms with Crippen LogP contribution < -0.4 is 23.7 Å². The molecule has 0 bridgehead atoms. The number of benzene rings is 7. The third-order valence-electron chi connectivity index (χ3n) is 19.8. The highest BCUT2D eigenvalue weighted by Crippen LogP contribution is 2.30. The van der Waals surface area contributed by atoms with Crippen molar-refractivity contribution < 1.29 is 56.7 Å². The van der Waals surface area contributed by atoms with E-state index in [1.54, 1.807) is 54.1 Å². The number of aliphatic hydroxyl groups excluding tert-OH is 1. The third kappa shape index (κ3) is 18.8. The summed E-state index contributed by atoms with van der Waals surface area (Å²) in [6.07, 6.45) is 3.62. The summed E-state index contributed by atoms with van der Waals surface area (Å²) < 4.78 is 66.2. The maximum absolute atomic E-state index is 13.3. The van der Waals surface area contributed by atoms with Crippen molar-refractivity contribution in [1.29, 1.82) is 0 Å². The van der Waals surface area contributed by atoms with Crippen LogP contribution in [-0.4, -0.2) is 130 Å². The summed E-state index contributed by atoms with van der Waals surface area (Å²) in [5.74, 6) is 2.30. The molecule has 10 heterocycles. The van der Waals surface area contributed by atoms with E-state index < -0.39 is 0 Å². The van der Waals surface area contributed by atoms with Gasteiger partial charge in [0.15, 0.2) is 0 Å². The predicted molar refractivity (Wildman–Crippen MR) is 419 cm³/mol. The molecule has 580 valence electrons. The zero-order valence-electron chi connectivity index (χ0n) is 63.2. The Kier molecular flexibility index (Phi) is 23.9. The first-order chi connectivity index (χ1) is 54.8. The minimum absolute atomic E-state index is 0.0114. The van der Waals surface area contributed by atoms with Gasteiger partial charge in [-0.15, -0.1) is 20.4 Å². The quantitative estimate of drug-likeness (QED) is 0.0843. The number of hydrogen-bond acceptors (Lipinski definition) is 14. The normalized spacial score (nSPS) is 13.4. The van der Waals surface area contributed by atoms with Crippen molar-refractivity contribution in [1.82, 2.24) is 67.9 Å². The second-order valence-corrected chi connectivity index (χ2v) is 28.4. The maximum Gasteiger partial charge on any atom is 0.256 e. The van der Waals surface area contributed by atoms with Gasteiger partial charge >= 0.3 is 0 Å². The van der Waals surface area contributed by atoms with Crippen LogP contribution in [0.15, 0.2) is 213 Å². The molecule has 24 nitrogen and oxygen atoms in total. The first-order valence-corrected chi connectivity index (χ1v) is 37.5. The number of para-hydroxylation sites is 2. The zero-order chi connectivity index (χ0) is 78.7. The van der Waals surface area contributed by atoms with Gasteiger partial charge in [0, 0.05) is 105 Å². The van der Waals surface area contributed by atoms with Gasteiger partial charge in [-0.1, -0.05) is 132 Å². The minimum atomic E-state index is -0.296. The first-order valence-electron chi connectivity index (χ1n) is 37.1. The van der Waals surface area contributed by atoms with Gasteiger partial charge in [0.25, 0.3) is 23.6 Å². The number of methoxy groups -OCH3 is 1. The summed E-state index contributed by atoms with van der Waals surface area (Å²) in [7, 11) is 5.40. The van der Waals surface area contributed by atoms with Crippen LogP contribution in [0.25, 0.3) is 10.9 Å². The fraction of sp³-hybridized carbons (Fsp3) is 0.256. The summed E-state index contributed by atoms with van der Waals surface area (Å²) in [4.78, 5) is 58.7. The lowest BCUT2D eigenvalue weighted by Gasteiger charge is -2.27. The van der Waals surface area contributed by atoms with Crippen molar-refractivity contribution in [2.45, 2.75) is 99.2 Å². The van der Waals surface area contributed by atoms with Crippen molar-refractivity contribution in [2.75, 3.05) is 33.3 Å². The Balaban J connectivity index is 0.000000125. The molecule has 4 aliphatic heterocycles. The Morgan fingerprint density at radius 1 is 0.416 bits per heavy atom. The van der Waals surface area contributed by atoms with Gasteiger partial charge in [0.2, 0.25) is 23.5 Å². The molecule has 0 spiro atoms. The van der Waals surface area contributed by atoms with Crippen LogP contribution in [0.5, 0.6) is 29.3 Å². The number of ether oxygens (including phenoxy) is 5. The molecule has 27 heteroatoms. The van der Waals surface area contributed by atoms with Crippen molar-refractivity contribution in [3.63, 3.8) is 0 Å². The van der Waals surface area contributed by atoms with Gasteiger partial charge < -0.3 is 57.5 Å². The van der Waals surface area contributed by atoms with Gasteiger partial charge in [-0.25, -0.2) is 8.78 Å². The van der Waals surface area contributed by atoms with Crippen LogP contribution >= 0.6 is 11.6 Å². The number of amides is 4. The lowest BCUT2D eigenvalue weighted by molar-refractivity contribution is 0.0699. The molecular formula is C86H85ClF2N14O10. The van der Waals surface area contributed by atoms with E-state index in [1.807, 2.05) is 217 Å². The molecular weight excluding hydrogens is 1460 g/mol. The summed E-state index contributed by atoms with van der Waals surface area (Å²) in [6.45, 7) is 12.1. The second-order valence-electron chi connectivity index (χ2n) is 28.0. The Morgan fingerprint density at radius 3 is 1.25 bits per heavy atom. The number of rotatable bonds is 18. The number of hydrogen-bond donors (Lipinski definition) is 1. The van der Waals surface area contributed by atoms with E-state index in [4.69, 9.17) is 35.3 Å². The highest BCUT2D eigenvalue weighted by molar-refractivity contribution is 6.30. The number of carbonyl (C=O) groups is 4. The molecule has 7 aromatic carbocycles. The van der Waals surface area contributed by atoms with Gasteiger partial charge in [-0.05, 0) is 103 Å². The number of halogens is 3. The molecule has 0 unspecified atom stereocenters. The standard InChI is InChI=1S/C23H21FN4O2.2C22H23N3O3.C19H18ClFN4O2/c1-26-14-20(19-7-2-3-8-21(19)26)23(29)27-9-10-28-18(13-27)12-22(25-28)30-15-16-5-4-6-17(24)11-16;1-16-7-9-17(10-8-16)22(26)24-11-12-25-19(14-24)13-21(23-25)28-15-18-5-3-4-6-20(18)27-2;1-16-5-7-19(8-6-16)22(27)24-9-10-25-20(13-24)12-21(23-25)28-15-18-4-2-3-17(11-18)14-26;1-23-10-14(8-17(23)20)19(26)24-5-6-25-16(11-24)9-18(22-25)27-12-13-3-2-4-15(21)7-13/h2-8,11-12,14H,9-10,13,15H2,1H3;3-10,13H,11-12,14-15H2,1-2H3;2-8,11-12,26H,9-10,13-15H2,1H3;2-4,7-10H,5-6,11-12H2,1H3. The Hall–Kier alpha value is -12.8. The molecule has 0 saturated heterocycles. The lowest BCUT2D eigenvalue weighted by Crippen LogP contribution is -2.38. The van der Waals surface area contributed by atoms with Crippen LogP contribution in [0.1, 0.15) is 103 Å². The largest absolute Gasteiger partial charge is 0.496 e. The molecule has 17 rings (SSSR count). The molecule has 13 aromatic rings. The topological polar surface area (TPSA) is 229 Å². The molecule has 1 N–H and O–H groups in total. The van der Waals surface area contributed by atoms with E-state index in [-0.39, 0.29) is 55.1 Å². The summed E-state index contributed by atoms with van der Waals surface area (Å²) in [6, 6.07) is 60.4. The van der Waals surface area contributed by atoms with Crippen molar-refractivity contribution in [2.24, 2.45) is 14.1 Å². The van der Waals surface area contributed by atoms with Crippen LogP contribution in [0, 0.1) is 25.5 Å². The number of nitrogens with zero attached hydrogens (tertiary/aromatic N) is 14. The monoisotopic (exact) mass is 1550 g/mol. The van der Waals surface area contributed by atoms with E-state index in [9.17, 15) is 33.1 Å². The average Bonchev–Trinajstić information content (AvgIpc) is 1.64. The summed E-state index contributed by atoms with van der Waals surface area (Å²) >= 11 is 6.03. The van der Waals surface area contributed by atoms with E-state index >= 15 is 0 Å². The van der Waals surface area contributed by atoms with Crippen molar-refractivity contribution >= 4 is 46.1 Å². The predicted octanol–water partition coefficient (Wildman–Crippen LogP) is 13.4. The fourth-order valence-corrected chi connectivity index (χ4v) is 13.9. The average molecular weight is 1550 g/mol. The van der Waals surface area contributed by atoms with Crippen molar-refractivity contribution in [3.8, 4) is 29.3 Å². The van der Waals surface area contributed by atoms with Crippen molar-refractivity contribution in [3.05, 3.63) is 313 Å². The smallest absolute Gasteiger partial charge is 0.256 e. The highest BCUT2D eigenvalue weighted by Gasteiger charge is 2.30. The minimum Gasteiger partial charge on any atom is -0.496 e. The van der Waals surface area contributed by atoms with Crippen LogP contribution in [0.3, 0.4) is 0 Å². The molecule has 6 aromatic heterocycles. The second kappa shape index (κ2) is 35.0. The lowest BCUT2D eigenvalue weighted by atomic mass is 10.1. The Bertz CT molecular complexity index is 5530. The van der Waals surface area contributed by atoms with Gasteiger partial charge in [-0.3, -0.25) is 37.9 Å². The SMILES string of the molecule is COc1ccccc1COc1cc2n(n1)CCN(C(=O)c1ccc(C)cc1)C2.Cc1ccc(C(=O)N2CCn3nc(OCc4cccc(CO)c4)cc3C2)cc1.Cn1cc(C(=O)N2CCn3nc(OCc4cccc(F)c4)cc3C2)c2ccccc21.Cn1cc(C(=O)N2CCn3nc(OCc4cccc(F)c4)cc3C2)cc1Cl. The first kappa shape index (κ1) is 76.9. The molecule has 0 radical (unpaired) electrons. The summed E-state index contributed by atoms with van der Waals surface area (Å²) in [5, 5.41) is 28.6. The van der Waals surface area contributed by atoms with E-state index in [0.717, 1.165) is 78.4 Å². The van der Waals surface area contributed by atoms with Crippen LogP contribution in [-0.2, 0) is 99.5 Å². The number of aromatic nitrogens is 10. The van der Waals surface area contributed by atoms with Crippen LogP contribution in [0.2, 0.25) is 5.15 Å². The molecule has 0 atom stereocenters. The van der Waals surface area contributed by atoms with E-state index in [0.29, 0.717) is 143 Å². The summed E-state index contributed by atoms with van der Waals surface area (Å²) in [5.41, 5.74) is 14.1. The number of aliphatic hydroxyl groups is 1. The molecule has 0 saturated carbocycles. The van der Waals surface area contributed by atoms with Crippen LogP contribution in [0.4, 0.5) is 8.78 Å². The highest BCUT2D eigenvalue weighted by atomic mass is 35.5.